The summed E-state index contributed by atoms with van der Waals surface area (Å²) in [6, 6.07) is 0.311. The van der Waals surface area contributed by atoms with Crippen LogP contribution in [0.3, 0.4) is 0 Å². The number of nitrogens with one attached hydrogen (secondary N) is 1. The molecule has 0 saturated heterocycles. The van der Waals surface area contributed by atoms with E-state index in [2.05, 4.69) is 51.1 Å². The SMILES string of the molecule is CNc1nc(N(C)C(C)C(C)C)nc(-n2cncn2)n1. The van der Waals surface area contributed by atoms with Gasteiger partial charge in [0.05, 0.1) is 0 Å². The lowest BCUT2D eigenvalue weighted by molar-refractivity contribution is 0.498. The molecule has 0 bridgehead atoms. The first-order valence-corrected chi connectivity index (χ1v) is 6.54. The van der Waals surface area contributed by atoms with Crippen molar-refractivity contribution in [2.24, 2.45) is 5.92 Å². The van der Waals surface area contributed by atoms with E-state index in [1.807, 2.05) is 11.9 Å². The van der Waals surface area contributed by atoms with Gasteiger partial charge in [0, 0.05) is 20.1 Å². The van der Waals surface area contributed by atoms with Crippen molar-refractivity contribution < 1.29 is 0 Å². The third kappa shape index (κ3) is 2.84. The molecule has 8 nitrogen and oxygen atoms in total. The van der Waals surface area contributed by atoms with Crippen molar-refractivity contribution >= 4 is 11.9 Å². The molecule has 8 heteroatoms. The quantitative estimate of drug-likeness (QED) is 0.871. The number of nitrogens with zero attached hydrogens (tertiary/aromatic N) is 7. The molecule has 2 rings (SSSR count). The van der Waals surface area contributed by atoms with Crippen LogP contribution in [0.5, 0.6) is 0 Å². The van der Waals surface area contributed by atoms with Crippen LogP contribution in [-0.4, -0.2) is 49.9 Å². The molecule has 0 aliphatic carbocycles. The van der Waals surface area contributed by atoms with Crippen LogP contribution in [0.15, 0.2) is 12.7 Å². The number of aromatic nitrogens is 6. The first-order valence-electron chi connectivity index (χ1n) is 6.54. The Morgan fingerprint density at radius 2 is 1.95 bits per heavy atom. The van der Waals surface area contributed by atoms with Gasteiger partial charge in [0.15, 0.2) is 0 Å². The van der Waals surface area contributed by atoms with E-state index in [4.69, 9.17) is 0 Å². The molecular formula is C12H20N8. The summed E-state index contributed by atoms with van der Waals surface area (Å²) in [6.45, 7) is 6.47. The predicted molar refractivity (Wildman–Crippen MR) is 77.0 cm³/mol. The fraction of sp³-hybridized carbons (Fsp3) is 0.583. The molecule has 1 unspecified atom stereocenters. The Morgan fingerprint density at radius 3 is 2.50 bits per heavy atom. The molecule has 0 spiro atoms. The molecule has 0 aliphatic rings. The highest BCUT2D eigenvalue weighted by Gasteiger charge is 2.18. The van der Waals surface area contributed by atoms with E-state index in [0.29, 0.717) is 29.8 Å². The van der Waals surface area contributed by atoms with Gasteiger partial charge in [-0.3, -0.25) is 0 Å². The van der Waals surface area contributed by atoms with Gasteiger partial charge in [-0.1, -0.05) is 13.8 Å². The van der Waals surface area contributed by atoms with Gasteiger partial charge in [0.1, 0.15) is 12.7 Å². The Hall–Kier alpha value is -2.25. The van der Waals surface area contributed by atoms with E-state index < -0.39 is 0 Å². The molecule has 20 heavy (non-hydrogen) atoms. The van der Waals surface area contributed by atoms with E-state index in [1.54, 1.807) is 13.4 Å². The van der Waals surface area contributed by atoms with Gasteiger partial charge in [0.25, 0.3) is 5.95 Å². The topological polar surface area (TPSA) is 84.7 Å². The highest BCUT2D eigenvalue weighted by molar-refractivity contribution is 5.39. The van der Waals surface area contributed by atoms with Crippen LogP contribution in [0.4, 0.5) is 11.9 Å². The average molecular weight is 276 g/mol. The Kier molecular flexibility index (Phi) is 4.11. The van der Waals surface area contributed by atoms with Crippen molar-refractivity contribution in [2.75, 3.05) is 24.3 Å². The van der Waals surface area contributed by atoms with Crippen LogP contribution in [0, 0.1) is 5.92 Å². The summed E-state index contributed by atoms with van der Waals surface area (Å²) >= 11 is 0. The molecule has 0 radical (unpaired) electrons. The van der Waals surface area contributed by atoms with Gasteiger partial charge in [-0.15, -0.1) is 0 Å². The second-order valence-electron chi connectivity index (χ2n) is 4.94. The number of rotatable bonds is 5. The lowest BCUT2D eigenvalue weighted by Crippen LogP contribution is -2.35. The van der Waals surface area contributed by atoms with Crippen LogP contribution in [0.1, 0.15) is 20.8 Å². The maximum atomic E-state index is 4.45. The largest absolute Gasteiger partial charge is 0.357 e. The van der Waals surface area contributed by atoms with Crippen molar-refractivity contribution in [3.05, 3.63) is 12.7 Å². The lowest BCUT2D eigenvalue weighted by atomic mass is 10.1. The fourth-order valence-corrected chi connectivity index (χ4v) is 1.67. The first kappa shape index (κ1) is 14.2. The Balaban J connectivity index is 2.41. The van der Waals surface area contributed by atoms with Crippen molar-refractivity contribution in [3.8, 4) is 5.95 Å². The standard InChI is InChI=1S/C12H20N8/c1-8(2)9(3)19(5)11-16-10(13-4)17-12(18-11)20-7-14-6-15-20/h6-9H,1-5H3,(H,13,16,17,18). The molecule has 2 aromatic heterocycles. The maximum absolute atomic E-state index is 4.45. The van der Waals surface area contributed by atoms with Crippen molar-refractivity contribution in [2.45, 2.75) is 26.8 Å². The fourth-order valence-electron chi connectivity index (χ4n) is 1.67. The molecule has 0 amide bonds. The summed E-state index contributed by atoms with van der Waals surface area (Å²) in [4.78, 5) is 19.1. The lowest BCUT2D eigenvalue weighted by Gasteiger charge is -2.28. The molecule has 2 heterocycles. The highest BCUT2D eigenvalue weighted by Crippen LogP contribution is 2.17. The molecule has 1 atom stereocenters. The zero-order valence-electron chi connectivity index (χ0n) is 12.4. The molecule has 0 aliphatic heterocycles. The second-order valence-corrected chi connectivity index (χ2v) is 4.94. The maximum Gasteiger partial charge on any atom is 0.258 e. The van der Waals surface area contributed by atoms with Crippen LogP contribution in [0.25, 0.3) is 5.95 Å². The van der Waals surface area contributed by atoms with E-state index in [-0.39, 0.29) is 0 Å². The van der Waals surface area contributed by atoms with Gasteiger partial charge in [-0.2, -0.15) is 24.7 Å². The summed E-state index contributed by atoms with van der Waals surface area (Å²) < 4.78 is 1.51. The molecular weight excluding hydrogens is 256 g/mol. The number of hydrogen-bond donors (Lipinski definition) is 1. The number of anilines is 2. The van der Waals surface area contributed by atoms with E-state index in [1.165, 1.54) is 11.0 Å². The van der Waals surface area contributed by atoms with Crippen molar-refractivity contribution in [1.29, 1.82) is 0 Å². The van der Waals surface area contributed by atoms with Crippen LogP contribution in [0.2, 0.25) is 0 Å². The summed E-state index contributed by atoms with van der Waals surface area (Å²) in [5.74, 6) is 2.05. The molecule has 0 aromatic carbocycles. The van der Waals surface area contributed by atoms with E-state index in [9.17, 15) is 0 Å². The zero-order valence-corrected chi connectivity index (χ0v) is 12.4. The molecule has 0 fully saturated rings. The summed E-state index contributed by atoms with van der Waals surface area (Å²) in [6.07, 6.45) is 3.01. The van der Waals surface area contributed by atoms with Gasteiger partial charge >= 0.3 is 0 Å². The van der Waals surface area contributed by atoms with Gasteiger partial charge in [0.2, 0.25) is 11.9 Å². The summed E-state index contributed by atoms with van der Waals surface area (Å²) in [5.41, 5.74) is 0. The Bertz CT molecular complexity index is 551. The van der Waals surface area contributed by atoms with Crippen molar-refractivity contribution in [1.82, 2.24) is 29.7 Å². The summed E-state index contributed by atoms with van der Waals surface area (Å²) in [5, 5.41) is 6.99. The Morgan fingerprint density at radius 1 is 1.20 bits per heavy atom. The minimum atomic E-state index is 0.311. The van der Waals surface area contributed by atoms with Crippen LogP contribution in [-0.2, 0) is 0 Å². The summed E-state index contributed by atoms with van der Waals surface area (Å²) in [7, 11) is 3.75. The second kappa shape index (κ2) is 5.81. The smallest absolute Gasteiger partial charge is 0.258 e. The zero-order chi connectivity index (χ0) is 14.7. The van der Waals surface area contributed by atoms with E-state index in [0.717, 1.165) is 0 Å². The van der Waals surface area contributed by atoms with Gasteiger partial charge < -0.3 is 10.2 Å². The Labute approximate surface area is 118 Å². The van der Waals surface area contributed by atoms with Crippen LogP contribution < -0.4 is 10.2 Å². The van der Waals surface area contributed by atoms with E-state index >= 15 is 0 Å². The third-order valence-corrected chi connectivity index (χ3v) is 3.35. The molecule has 2 aromatic rings. The van der Waals surface area contributed by atoms with Crippen LogP contribution >= 0.6 is 0 Å². The minimum Gasteiger partial charge on any atom is -0.357 e. The molecule has 108 valence electrons. The van der Waals surface area contributed by atoms with Gasteiger partial charge in [-0.25, -0.2) is 4.98 Å². The number of hydrogen-bond acceptors (Lipinski definition) is 7. The third-order valence-electron chi connectivity index (χ3n) is 3.35. The molecule has 0 saturated carbocycles. The monoisotopic (exact) mass is 276 g/mol. The van der Waals surface area contributed by atoms with Crippen molar-refractivity contribution in [3.63, 3.8) is 0 Å². The highest BCUT2D eigenvalue weighted by atomic mass is 15.4. The first-order chi connectivity index (χ1) is 9.52. The predicted octanol–water partition coefficient (Wildman–Crippen LogP) is 0.975. The van der Waals surface area contributed by atoms with Gasteiger partial charge in [-0.05, 0) is 12.8 Å². The normalized spacial score (nSPS) is 12.5. The molecule has 1 N–H and O–H groups in total. The average Bonchev–Trinajstić information content (AvgIpc) is 2.99. The minimum absolute atomic E-state index is 0.311.